The van der Waals surface area contributed by atoms with Crippen molar-refractivity contribution in [3.05, 3.63) is 17.6 Å². The van der Waals surface area contributed by atoms with Gasteiger partial charge in [0.25, 0.3) is 0 Å². The molecule has 74 valence electrons. The van der Waals surface area contributed by atoms with Gasteiger partial charge in [0.15, 0.2) is 0 Å². The van der Waals surface area contributed by atoms with Gasteiger partial charge in [-0.1, -0.05) is 11.6 Å². The summed E-state index contributed by atoms with van der Waals surface area (Å²) in [7, 11) is 0. The predicted molar refractivity (Wildman–Crippen MR) is 59.5 cm³/mol. The van der Waals surface area contributed by atoms with Crippen LogP contribution in [0.25, 0.3) is 0 Å². The van der Waals surface area contributed by atoms with Crippen LogP contribution in [0.4, 0.5) is 0 Å². The van der Waals surface area contributed by atoms with Gasteiger partial charge in [-0.3, -0.25) is 0 Å². The van der Waals surface area contributed by atoms with Crippen molar-refractivity contribution in [2.75, 3.05) is 0 Å². The Morgan fingerprint density at radius 1 is 1.46 bits per heavy atom. The Balaban J connectivity index is 2.26. The van der Waals surface area contributed by atoms with Gasteiger partial charge >= 0.3 is 0 Å². The fourth-order valence-electron chi connectivity index (χ4n) is 2.18. The third kappa shape index (κ3) is 3.46. The van der Waals surface area contributed by atoms with Gasteiger partial charge in [0.1, 0.15) is 5.92 Å². The van der Waals surface area contributed by atoms with E-state index in [9.17, 15) is 0 Å². The lowest BCUT2D eigenvalue weighted by atomic mass is 9.77. The van der Waals surface area contributed by atoms with Gasteiger partial charge in [0.05, 0.1) is 19.3 Å². The lowest BCUT2D eigenvalue weighted by Crippen LogP contribution is -2.14. The molecule has 0 spiro atoms. The minimum atomic E-state index is 0.934. The molecular weight excluding hydrogens is 156 g/mol. The summed E-state index contributed by atoms with van der Waals surface area (Å²) >= 11 is 0. The van der Waals surface area contributed by atoms with E-state index >= 15 is 0 Å². The van der Waals surface area contributed by atoms with Crippen LogP contribution in [0, 0.1) is 11.8 Å². The fraction of sp³-hybridized carbons (Fsp3) is 0.769. The number of allylic oxidation sites excluding steroid dienone is 2. The molecule has 0 nitrogen and oxygen atoms in total. The molecule has 0 radical (unpaired) electrons. The molecule has 0 aromatic heterocycles. The molecule has 1 unspecified atom stereocenters. The molecule has 0 saturated heterocycles. The van der Waals surface area contributed by atoms with Crippen LogP contribution in [0.3, 0.4) is 0 Å². The molecule has 0 bridgehead atoms. The Morgan fingerprint density at radius 2 is 2.23 bits per heavy atom. The summed E-state index contributed by atoms with van der Waals surface area (Å²) in [6.45, 7) is 6.75. The highest BCUT2D eigenvalue weighted by Crippen LogP contribution is 2.34. The molecule has 0 aliphatic heterocycles. The first-order valence-electron chi connectivity index (χ1n) is 5.68. The Hall–Kier alpha value is -0.390. The van der Waals surface area contributed by atoms with E-state index in [4.69, 9.17) is 0 Å². The molecule has 1 fully saturated rings. The first-order chi connectivity index (χ1) is 6.24. The van der Waals surface area contributed by atoms with E-state index in [1.807, 2.05) is 0 Å². The van der Waals surface area contributed by atoms with Crippen molar-refractivity contribution in [3.8, 4) is 0 Å². The van der Waals surface area contributed by atoms with E-state index in [1.54, 1.807) is 11.5 Å². The third-order valence-electron chi connectivity index (χ3n) is 3.45. The highest BCUT2D eigenvalue weighted by molar-refractivity contribution is 5.00. The van der Waals surface area contributed by atoms with E-state index in [0.717, 1.165) is 5.92 Å². The summed E-state index contributed by atoms with van der Waals surface area (Å²) in [4.78, 5) is 0. The van der Waals surface area contributed by atoms with E-state index < -0.39 is 0 Å². The molecule has 0 amide bonds. The molecule has 0 aromatic carbocycles. The zero-order valence-electron chi connectivity index (χ0n) is 9.40. The normalized spacial score (nSPS) is 25.0. The van der Waals surface area contributed by atoms with Crippen LogP contribution < -0.4 is 0 Å². The fourth-order valence-corrected chi connectivity index (χ4v) is 2.18. The number of hydrogen-bond acceptors (Lipinski definition) is 0. The number of rotatable bonds is 3. The SMILES string of the molecule is C/C=C(\C)CCC1CCCC[C+]1C. The summed E-state index contributed by atoms with van der Waals surface area (Å²) in [6.07, 6.45) is 10.7. The molecule has 0 heterocycles. The molecule has 1 saturated carbocycles. The smallest absolute Gasteiger partial charge is 0.0887 e. The van der Waals surface area contributed by atoms with Crippen molar-refractivity contribution in [2.24, 2.45) is 5.92 Å². The monoisotopic (exact) mass is 179 g/mol. The lowest BCUT2D eigenvalue weighted by Gasteiger charge is -2.19. The molecule has 1 atom stereocenters. The maximum Gasteiger partial charge on any atom is 0.100 e. The van der Waals surface area contributed by atoms with Crippen LogP contribution in [-0.2, 0) is 0 Å². The van der Waals surface area contributed by atoms with Crippen LogP contribution >= 0.6 is 0 Å². The van der Waals surface area contributed by atoms with Crippen LogP contribution in [0.2, 0.25) is 0 Å². The van der Waals surface area contributed by atoms with Crippen molar-refractivity contribution in [1.82, 2.24) is 0 Å². The first kappa shape index (κ1) is 10.7. The molecule has 13 heavy (non-hydrogen) atoms. The maximum atomic E-state index is 2.36. The second kappa shape index (κ2) is 5.36. The third-order valence-corrected chi connectivity index (χ3v) is 3.45. The second-order valence-corrected chi connectivity index (χ2v) is 4.46. The van der Waals surface area contributed by atoms with Crippen molar-refractivity contribution < 1.29 is 0 Å². The van der Waals surface area contributed by atoms with Gasteiger partial charge in [-0.2, -0.15) is 0 Å². The highest BCUT2D eigenvalue weighted by atomic mass is 14.3. The van der Waals surface area contributed by atoms with Crippen molar-refractivity contribution in [3.63, 3.8) is 0 Å². The molecule has 0 N–H and O–H groups in total. The first-order valence-corrected chi connectivity index (χ1v) is 5.68. The summed E-state index contributed by atoms with van der Waals surface area (Å²) < 4.78 is 0. The zero-order valence-corrected chi connectivity index (χ0v) is 9.40. The van der Waals surface area contributed by atoms with Crippen molar-refractivity contribution in [2.45, 2.75) is 59.3 Å². The molecule has 1 rings (SSSR count). The Labute approximate surface area is 83.4 Å². The standard InChI is InChI=1S/C13H23/c1-4-11(2)9-10-13-8-6-5-7-12(13)3/h4,13H,5-10H2,1-3H3/q+1/b11-4+. The lowest BCUT2D eigenvalue weighted by molar-refractivity contribution is 0.375. The van der Waals surface area contributed by atoms with Crippen molar-refractivity contribution >= 4 is 0 Å². The minimum absolute atomic E-state index is 0.934. The van der Waals surface area contributed by atoms with Gasteiger partial charge in [-0.05, 0) is 46.0 Å². The zero-order chi connectivity index (χ0) is 9.68. The van der Waals surface area contributed by atoms with E-state index in [2.05, 4.69) is 26.8 Å². The van der Waals surface area contributed by atoms with Crippen LogP contribution in [-0.4, -0.2) is 0 Å². The van der Waals surface area contributed by atoms with E-state index in [1.165, 1.54) is 38.5 Å². The average molecular weight is 179 g/mol. The van der Waals surface area contributed by atoms with Crippen LogP contribution in [0.1, 0.15) is 59.3 Å². The quantitative estimate of drug-likeness (QED) is 0.441. The van der Waals surface area contributed by atoms with Crippen LogP contribution in [0.5, 0.6) is 0 Å². The highest BCUT2D eigenvalue weighted by Gasteiger charge is 2.29. The number of hydrogen-bond donors (Lipinski definition) is 0. The molecular formula is C13H23+. The van der Waals surface area contributed by atoms with E-state index in [0.29, 0.717) is 0 Å². The van der Waals surface area contributed by atoms with Gasteiger partial charge < -0.3 is 0 Å². The molecule has 1 aliphatic rings. The Morgan fingerprint density at radius 3 is 2.85 bits per heavy atom. The summed E-state index contributed by atoms with van der Waals surface area (Å²) in [5.74, 6) is 2.69. The van der Waals surface area contributed by atoms with E-state index in [-0.39, 0.29) is 0 Å². The summed E-state index contributed by atoms with van der Waals surface area (Å²) in [6, 6.07) is 0. The summed E-state index contributed by atoms with van der Waals surface area (Å²) in [5, 5.41) is 0. The second-order valence-electron chi connectivity index (χ2n) is 4.46. The van der Waals surface area contributed by atoms with Gasteiger partial charge in [-0.15, -0.1) is 0 Å². The largest absolute Gasteiger partial charge is 0.100 e. The predicted octanol–water partition coefficient (Wildman–Crippen LogP) is 4.52. The van der Waals surface area contributed by atoms with Gasteiger partial charge in [0, 0.05) is 0 Å². The average Bonchev–Trinajstić information content (AvgIpc) is 2.16. The summed E-state index contributed by atoms with van der Waals surface area (Å²) in [5.41, 5.74) is 1.55. The molecule has 0 heteroatoms. The molecule has 1 aliphatic carbocycles. The Kier molecular flexibility index (Phi) is 4.41. The maximum absolute atomic E-state index is 2.36. The van der Waals surface area contributed by atoms with Gasteiger partial charge in [0.2, 0.25) is 0 Å². The van der Waals surface area contributed by atoms with Crippen molar-refractivity contribution in [1.29, 1.82) is 0 Å². The molecule has 0 aromatic rings. The minimum Gasteiger partial charge on any atom is -0.0887 e. The van der Waals surface area contributed by atoms with Crippen LogP contribution in [0.15, 0.2) is 11.6 Å². The van der Waals surface area contributed by atoms with Gasteiger partial charge in [-0.25, -0.2) is 0 Å². The Bertz CT molecular complexity index is 167. The topological polar surface area (TPSA) is 0 Å².